The lowest BCUT2D eigenvalue weighted by Gasteiger charge is -2.37. The highest BCUT2D eigenvalue weighted by Crippen LogP contribution is 2.39. The van der Waals surface area contributed by atoms with Gasteiger partial charge in [-0.1, -0.05) is 30.3 Å². The van der Waals surface area contributed by atoms with Crippen molar-refractivity contribution in [3.05, 3.63) is 90.3 Å². The maximum atomic E-state index is 13.0. The van der Waals surface area contributed by atoms with Gasteiger partial charge in [0.1, 0.15) is 6.17 Å². The number of nitrogens with one attached hydrogen (secondary N) is 1. The monoisotopic (exact) mass is 500 g/mol. The van der Waals surface area contributed by atoms with Gasteiger partial charge in [-0.15, -0.1) is 0 Å². The molecular weight excluding hydrogens is 473 g/mol. The Kier molecular flexibility index (Phi) is 7.37. The molecule has 3 aromatic rings. The number of pyridine rings is 1. The zero-order chi connectivity index (χ0) is 25.1. The van der Waals surface area contributed by atoms with Gasteiger partial charge in [-0.25, -0.2) is 0 Å². The van der Waals surface area contributed by atoms with Crippen molar-refractivity contribution in [2.75, 3.05) is 18.1 Å². The van der Waals surface area contributed by atoms with Gasteiger partial charge in [-0.3, -0.25) is 14.7 Å². The molecule has 0 saturated carbocycles. The van der Waals surface area contributed by atoms with Crippen LogP contribution in [0, 0.1) is 0 Å². The molecule has 2 aromatic carbocycles. The predicted octanol–water partition coefficient (Wildman–Crippen LogP) is 5.61. The number of rotatable bonds is 7. The minimum atomic E-state index is -4.32. The van der Waals surface area contributed by atoms with Crippen LogP contribution in [0.4, 0.5) is 18.9 Å². The van der Waals surface area contributed by atoms with Crippen LogP contribution in [-0.2, 0) is 11.2 Å². The fourth-order valence-electron chi connectivity index (χ4n) is 4.32. The number of alkyl halides is 3. The number of carbonyl (C=O) groups is 1. The van der Waals surface area contributed by atoms with Gasteiger partial charge < -0.3 is 10.2 Å². The minimum Gasteiger partial charge on any atom is -0.357 e. The smallest absolute Gasteiger partial charge is 0.357 e. The summed E-state index contributed by atoms with van der Waals surface area (Å²) in [6.07, 6.45) is 3.26. The van der Waals surface area contributed by atoms with E-state index in [0.29, 0.717) is 13.2 Å². The molecule has 1 unspecified atom stereocenters. The molecule has 35 heavy (non-hydrogen) atoms. The second kappa shape index (κ2) is 10.3. The number of benzene rings is 2. The number of nitrogens with zero attached hydrogens (tertiary/aromatic N) is 3. The molecule has 1 saturated heterocycles. The number of hydrogen-bond donors (Lipinski definition) is 1. The molecule has 0 bridgehead atoms. The van der Waals surface area contributed by atoms with Gasteiger partial charge in [0.25, 0.3) is 0 Å². The van der Waals surface area contributed by atoms with Gasteiger partial charge in [0.05, 0.1) is 13.1 Å². The van der Waals surface area contributed by atoms with Crippen molar-refractivity contribution in [3.63, 3.8) is 0 Å². The lowest BCUT2D eigenvalue weighted by molar-refractivity contribution is -0.123. The maximum Gasteiger partial charge on any atom is 0.446 e. The molecule has 5 nitrogen and oxygen atoms in total. The Morgan fingerprint density at radius 3 is 2.34 bits per heavy atom. The van der Waals surface area contributed by atoms with Crippen molar-refractivity contribution < 1.29 is 18.0 Å². The van der Waals surface area contributed by atoms with Gasteiger partial charge >= 0.3 is 5.51 Å². The lowest BCUT2D eigenvalue weighted by Crippen LogP contribution is -2.49. The van der Waals surface area contributed by atoms with Gasteiger partial charge in [-0.05, 0) is 73.1 Å². The van der Waals surface area contributed by atoms with E-state index in [0.717, 1.165) is 16.8 Å². The maximum absolute atomic E-state index is 13.0. The van der Waals surface area contributed by atoms with Gasteiger partial charge in [0.15, 0.2) is 0 Å². The summed E-state index contributed by atoms with van der Waals surface area (Å²) >= 11 is -0.120. The third kappa shape index (κ3) is 6.55. The van der Waals surface area contributed by atoms with Crippen LogP contribution >= 0.6 is 11.8 Å². The van der Waals surface area contributed by atoms with Crippen LogP contribution in [0.1, 0.15) is 31.1 Å². The van der Waals surface area contributed by atoms with E-state index in [1.54, 1.807) is 24.5 Å². The first kappa shape index (κ1) is 25.1. The Morgan fingerprint density at radius 1 is 1.06 bits per heavy atom. The van der Waals surface area contributed by atoms with Crippen LogP contribution in [-0.4, -0.2) is 40.1 Å². The molecule has 0 spiro atoms. The van der Waals surface area contributed by atoms with Crippen molar-refractivity contribution in [2.45, 2.75) is 42.4 Å². The summed E-state index contributed by atoms with van der Waals surface area (Å²) in [4.78, 5) is 21.6. The highest BCUT2D eigenvalue weighted by molar-refractivity contribution is 8.00. The molecule has 1 aliphatic heterocycles. The topological polar surface area (TPSA) is 48.5 Å². The molecule has 1 fully saturated rings. The average Bonchev–Trinajstić information content (AvgIpc) is 3.13. The van der Waals surface area contributed by atoms with Crippen LogP contribution in [0.2, 0.25) is 0 Å². The molecule has 0 aliphatic carbocycles. The van der Waals surface area contributed by atoms with Gasteiger partial charge in [0.2, 0.25) is 5.91 Å². The molecule has 1 amide bonds. The predicted molar refractivity (Wildman–Crippen MR) is 132 cm³/mol. The van der Waals surface area contributed by atoms with Crippen molar-refractivity contribution in [1.82, 2.24) is 15.2 Å². The Labute approximate surface area is 207 Å². The number of carbonyl (C=O) groups excluding carboxylic acids is 1. The van der Waals surface area contributed by atoms with Gasteiger partial charge in [-0.2, -0.15) is 13.2 Å². The van der Waals surface area contributed by atoms with Crippen molar-refractivity contribution in [2.24, 2.45) is 0 Å². The largest absolute Gasteiger partial charge is 0.446 e. The molecule has 1 aliphatic rings. The second-order valence-electron chi connectivity index (χ2n) is 9.08. The fourth-order valence-corrected chi connectivity index (χ4v) is 4.86. The van der Waals surface area contributed by atoms with Crippen LogP contribution in [0.5, 0.6) is 0 Å². The Morgan fingerprint density at radius 2 is 1.71 bits per heavy atom. The Bertz CT molecular complexity index is 1120. The van der Waals surface area contributed by atoms with E-state index in [9.17, 15) is 18.0 Å². The number of halogens is 3. The summed E-state index contributed by atoms with van der Waals surface area (Å²) in [5.41, 5.74) is -1.97. The zero-order valence-corrected chi connectivity index (χ0v) is 20.3. The number of thioether (sulfide) groups is 1. The molecule has 9 heteroatoms. The average molecular weight is 501 g/mol. The molecule has 0 radical (unpaired) electrons. The first-order valence-corrected chi connectivity index (χ1v) is 12.0. The van der Waals surface area contributed by atoms with Gasteiger partial charge in [0, 0.05) is 35.1 Å². The Hall–Kier alpha value is -3.04. The minimum absolute atomic E-state index is 0.0965. The SMILES string of the molecule is CC1(C)CN(c2ccc(SC(F)(F)F)cc2)CN1C(NC(=O)Cc1ccccc1)c1ccncc1. The first-order chi connectivity index (χ1) is 16.6. The van der Waals surface area contributed by atoms with E-state index in [4.69, 9.17) is 0 Å². The standard InChI is InChI=1S/C26H27F3N4OS/c1-25(2)17-32(21-8-10-22(11-9-21)35-26(27,28)29)18-33(25)24(20-12-14-30-15-13-20)31-23(34)16-19-6-4-3-5-7-19/h3-15,24H,16-18H2,1-2H3,(H,31,34). The van der Waals surface area contributed by atoms with Crippen LogP contribution in [0.15, 0.2) is 84.0 Å². The lowest BCUT2D eigenvalue weighted by atomic mass is 10.0. The molecule has 1 N–H and O–H groups in total. The number of hydrogen-bond acceptors (Lipinski definition) is 5. The Balaban J connectivity index is 1.54. The highest BCUT2D eigenvalue weighted by Gasteiger charge is 2.42. The third-order valence-corrected chi connectivity index (χ3v) is 6.69. The van der Waals surface area contributed by atoms with E-state index in [2.05, 4.69) is 33.9 Å². The highest BCUT2D eigenvalue weighted by atomic mass is 32.2. The van der Waals surface area contributed by atoms with Crippen LogP contribution < -0.4 is 10.2 Å². The quantitative estimate of drug-likeness (QED) is 0.428. The van der Waals surface area contributed by atoms with E-state index >= 15 is 0 Å². The molecule has 1 atom stereocenters. The summed E-state index contributed by atoms with van der Waals surface area (Å²) < 4.78 is 38.1. The normalized spacial score (nSPS) is 16.8. The molecule has 4 rings (SSSR count). The summed E-state index contributed by atoms with van der Waals surface area (Å²) in [7, 11) is 0. The molecule has 184 valence electrons. The van der Waals surface area contributed by atoms with Crippen LogP contribution in [0.3, 0.4) is 0 Å². The summed E-state index contributed by atoms with van der Waals surface area (Å²) in [6, 6.07) is 19.7. The van der Waals surface area contributed by atoms with E-state index < -0.39 is 11.7 Å². The van der Waals surface area contributed by atoms with Crippen molar-refractivity contribution in [3.8, 4) is 0 Å². The van der Waals surface area contributed by atoms with Crippen molar-refractivity contribution >= 4 is 23.4 Å². The van der Waals surface area contributed by atoms with Crippen LogP contribution in [0.25, 0.3) is 0 Å². The van der Waals surface area contributed by atoms with E-state index in [-0.39, 0.29) is 34.5 Å². The molecular formula is C26H27F3N4OS. The number of aromatic nitrogens is 1. The summed E-state index contributed by atoms with van der Waals surface area (Å²) in [6.45, 7) is 5.34. The molecule has 2 heterocycles. The second-order valence-corrected chi connectivity index (χ2v) is 10.2. The first-order valence-electron chi connectivity index (χ1n) is 11.2. The van der Waals surface area contributed by atoms with Crippen molar-refractivity contribution in [1.29, 1.82) is 0 Å². The zero-order valence-electron chi connectivity index (χ0n) is 19.5. The fraction of sp³-hybridized carbons (Fsp3) is 0.308. The van der Waals surface area contributed by atoms with E-state index in [1.807, 2.05) is 42.5 Å². The third-order valence-electron chi connectivity index (χ3n) is 5.95. The summed E-state index contributed by atoms with van der Waals surface area (Å²) in [5.74, 6) is -0.0965. The van der Waals surface area contributed by atoms with E-state index in [1.165, 1.54) is 12.1 Å². The molecule has 1 aromatic heterocycles. The summed E-state index contributed by atoms with van der Waals surface area (Å²) in [5, 5.41) is 3.19. The number of anilines is 1. The number of amides is 1.